The van der Waals surface area contributed by atoms with Crippen LogP contribution < -0.4 is 10.6 Å². The smallest absolute Gasteiger partial charge is 0.221 e. The van der Waals surface area contributed by atoms with Gasteiger partial charge in [0.15, 0.2) is 11.6 Å². The molecule has 1 atom stereocenters. The number of nitrogens with one attached hydrogen (secondary N) is 2. The topological polar surface area (TPSA) is 50.4 Å². The lowest BCUT2D eigenvalue weighted by atomic mass is 10.1. The second-order valence-corrected chi connectivity index (χ2v) is 4.41. The number of hydrogen-bond donors (Lipinski definition) is 2. The Kier molecular flexibility index (Phi) is 7.11. The molecule has 112 valence electrons. The highest BCUT2D eigenvalue weighted by Crippen LogP contribution is 2.18. The van der Waals surface area contributed by atoms with Crippen molar-refractivity contribution in [2.75, 3.05) is 26.8 Å². The Balaban J connectivity index is 2.34. The SMILES string of the molecule is COCCNC(=O)CCNC(C)c1cccc(F)c1F. The summed E-state index contributed by atoms with van der Waals surface area (Å²) in [5, 5.41) is 5.67. The lowest BCUT2D eigenvalue weighted by Crippen LogP contribution is -2.31. The van der Waals surface area contributed by atoms with Crippen LogP contribution in [0.15, 0.2) is 18.2 Å². The van der Waals surface area contributed by atoms with E-state index in [0.29, 0.717) is 19.7 Å². The molecule has 4 nitrogen and oxygen atoms in total. The zero-order chi connectivity index (χ0) is 15.0. The lowest BCUT2D eigenvalue weighted by Gasteiger charge is -2.15. The zero-order valence-corrected chi connectivity index (χ0v) is 11.7. The summed E-state index contributed by atoms with van der Waals surface area (Å²) in [7, 11) is 1.56. The van der Waals surface area contributed by atoms with Gasteiger partial charge in [0.1, 0.15) is 0 Å². The van der Waals surface area contributed by atoms with Gasteiger partial charge in [-0.1, -0.05) is 12.1 Å². The highest BCUT2D eigenvalue weighted by molar-refractivity contribution is 5.76. The van der Waals surface area contributed by atoms with Crippen molar-refractivity contribution in [3.63, 3.8) is 0 Å². The molecule has 1 rings (SSSR count). The fourth-order valence-corrected chi connectivity index (χ4v) is 1.75. The van der Waals surface area contributed by atoms with Crippen LogP contribution in [0.4, 0.5) is 8.78 Å². The molecule has 0 radical (unpaired) electrons. The molecule has 0 heterocycles. The van der Waals surface area contributed by atoms with E-state index in [4.69, 9.17) is 4.74 Å². The molecular formula is C14H20F2N2O2. The summed E-state index contributed by atoms with van der Waals surface area (Å²) in [5.41, 5.74) is 0.254. The van der Waals surface area contributed by atoms with Crippen LogP contribution in [-0.4, -0.2) is 32.7 Å². The van der Waals surface area contributed by atoms with Crippen LogP contribution in [0.3, 0.4) is 0 Å². The van der Waals surface area contributed by atoms with Gasteiger partial charge in [-0.15, -0.1) is 0 Å². The minimum Gasteiger partial charge on any atom is -0.383 e. The van der Waals surface area contributed by atoms with E-state index in [1.807, 2.05) is 0 Å². The molecule has 0 aliphatic carbocycles. The van der Waals surface area contributed by atoms with Crippen LogP contribution in [0.5, 0.6) is 0 Å². The average molecular weight is 286 g/mol. The van der Waals surface area contributed by atoms with Crippen molar-refractivity contribution in [1.29, 1.82) is 0 Å². The number of benzene rings is 1. The van der Waals surface area contributed by atoms with Gasteiger partial charge in [0.2, 0.25) is 5.91 Å². The minimum absolute atomic E-state index is 0.110. The van der Waals surface area contributed by atoms with Crippen molar-refractivity contribution in [2.24, 2.45) is 0 Å². The number of halogens is 2. The number of carbonyl (C=O) groups excluding carboxylic acids is 1. The Bertz CT molecular complexity index is 441. The van der Waals surface area contributed by atoms with Crippen molar-refractivity contribution in [1.82, 2.24) is 10.6 Å². The van der Waals surface area contributed by atoms with Gasteiger partial charge in [0, 0.05) is 38.2 Å². The molecule has 0 spiro atoms. The van der Waals surface area contributed by atoms with Crippen LogP contribution in [0.25, 0.3) is 0 Å². The van der Waals surface area contributed by atoms with Gasteiger partial charge in [-0.25, -0.2) is 8.78 Å². The van der Waals surface area contributed by atoms with Gasteiger partial charge in [0.25, 0.3) is 0 Å². The standard InChI is InChI=1S/C14H20F2N2O2/c1-10(11-4-3-5-12(15)14(11)16)17-7-6-13(19)18-8-9-20-2/h3-5,10,17H,6-9H2,1-2H3,(H,18,19). The summed E-state index contributed by atoms with van der Waals surface area (Å²) >= 11 is 0. The highest BCUT2D eigenvalue weighted by Gasteiger charge is 2.13. The Morgan fingerprint density at radius 2 is 2.10 bits per heavy atom. The zero-order valence-electron chi connectivity index (χ0n) is 11.7. The summed E-state index contributed by atoms with van der Waals surface area (Å²) in [6, 6.07) is 3.70. The molecule has 0 aromatic heterocycles. The first-order valence-corrected chi connectivity index (χ1v) is 6.49. The molecule has 20 heavy (non-hydrogen) atoms. The normalized spacial score (nSPS) is 12.2. The van der Waals surface area contributed by atoms with Crippen LogP contribution in [0.2, 0.25) is 0 Å². The van der Waals surface area contributed by atoms with E-state index in [1.165, 1.54) is 12.1 Å². The molecule has 1 unspecified atom stereocenters. The second-order valence-electron chi connectivity index (χ2n) is 4.41. The quantitative estimate of drug-likeness (QED) is 0.716. The Hall–Kier alpha value is -1.53. The summed E-state index contributed by atoms with van der Waals surface area (Å²) in [6.45, 7) is 3.03. The predicted octanol–water partition coefficient (Wildman–Crippen LogP) is 1.77. The van der Waals surface area contributed by atoms with Crippen LogP contribution in [0, 0.1) is 11.6 Å². The summed E-state index contributed by atoms with van der Waals surface area (Å²) < 4.78 is 31.4. The Morgan fingerprint density at radius 1 is 1.35 bits per heavy atom. The number of hydrogen-bond acceptors (Lipinski definition) is 3. The maximum atomic E-state index is 13.5. The summed E-state index contributed by atoms with van der Waals surface area (Å²) in [6.07, 6.45) is 0.269. The van der Waals surface area contributed by atoms with Crippen molar-refractivity contribution < 1.29 is 18.3 Å². The third kappa shape index (κ3) is 5.22. The van der Waals surface area contributed by atoms with Gasteiger partial charge in [-0.3, -0.25) is 4.79 Å². The number of amides is 1. The summed E-state index contributed by atoms with van der Waals surface area (Å²) in [5.74, 6) is -1.83. The first-order chi connectivity index (χ1) is 9.56. The van der Waals surface area contributed by atoms with E-state index < -0.39 is 11.6 Å². The van der Waals surface area contributed by atoms with E-state index in [1.54, 1.807) is 14.0 Å². The van der Waals surface area contributed by atoms with Crippen molar-refractivity contribution >= 4 is 5.91 Å². The van der Waals surface area contributed by atoms with Crippen molar-refractivity contribution in [3.8, 4) is 0 Å². The van der Waals surface area contributed by atoms with Gasteiger partial charge in [0.05, 0.1) is 6.61 Å². The molecule has 1 aromatic carbocycles. The first kappa shape index (κ1) is 16.5. The molecule has 0 bridgehead atoms. The maximum absolute atomic E-state index is 13.5. The molecule has 0 aliphatic heterocycles. The minimum atomic E-state index is -0.867. The summed E-state index contributed by atoms with van der Waals surface area (Å²) in [4.78, 5) is 11.4. The number of carbonyl (C=O) groups is 1. The number of ether oxygens (including phenoxy) is 1. The second kappa shape index (κ2) is 8.60. The van der Waals surface area contributed by atoms with Gasteiger partial charge >= 0.3 is 0 Å². The third-order valence-electron chi connectivity index (χ3n) is 2.88. The molecule has 1 aromatic rings. The average Bonchev–Trinajstić information content (AvgIpc) is 2.42. The van der Waals surface area contributed by atoms with Crippen LogP contribution in [-0.2, 0) is 9.53 Å². The van der Waals surface area contributed by atoms with E-state index in [2.05, 4.69) is 10.6 Å². The Morgan fingerprint density at radius 3 is 2.80 bits per heavy atom. The van der Waals surface area contributed by atoms with E-state index in [9.17, 15) is 13.6 Å². The van der Waals surface area contributed by atoms with E-state index in [0.717, 1.165) is 6.07 Å². The third-order valence-corrected chi connectivity index (χ3v) is 2.88. The molecule has 0 fully saturated rings. The highest BCUT2D eigenvalue weighted by atomic mass is 19.2. The van der Waals surface area contributed by atoms with Crippen molar-refractivity contribution in [3.05, 3.63) is 35.4 Å². The van der Waals surface area contributed by atoms with Gasteiger partial charge in [-0.2, -0.15) is 0 Å². The maximum Gasteiger partial charge on any atom is 0.221 e. The van der Waals surface area contributed by atoms with E-state index >= 15 is 0 Å². The fourth-order valence-electron chi connectivity index (χ4n) is 1.75. The lowest BCUT2D eigenvalue weighted by molar-refractivity contribution is -0.121. The number of methoxy groups -OCH3 is 1. The fraction of sp³-hybridized carbons (Fsp3) is 0.500. The predicted molar refractivity (Wildman–Crippen MR) is 72.3 cm³/mol. The molecular weight excluding hydrogens is 266 g/mol. The molecule has 6 heteroatoms. The largest absolute Gasteiger partial charge is 0.383 e. The molecule has 2 N–H and O–H groups in total. The van der Waals surface area contributed by atoms with Gasteiger partial charge in [-0.05, 0) is 13.0 Å². The van der Waals surface area contributed by atoms with E-state index in [-0.39, 0.29) is 23.9 Å². The molecule has 0 aliphatic rings. The monoisotopic (exact) mass is 286 g/mol. The van der Waals surface area contributed by atoms with Crippen LogP contribution >= 0.6 is 0 Å². The molecule has 0 saturated carbocycles. The Labute approximate surface area is 117 Å². The first-order valence-electron chi connectivity index (χ1n) is 6.49. The number of rotatable bonds is 8. The van der Waals surface area contributed by atoms with Crippen molar-refractivity contribution in [2.45, 2.75) is 19.4 Å². The van der Waals surface area contributed by atoms with Crippen LogP contribution in [0.1, 0.15) is 24.9 Å². The molecule has 0 saturated heterocycles. The van der Waals surface area contributed by atoms with Gasteiger partial charge < -0.3 is 15.4 Å². The molecule has 1 amide bonds.